The number of rotatable bonds is 5. The van der Waals surface area contributed by atoms with E-state index in [4.69, 9.17) is 5.11 Å². The van der Waals surface area contributed by atoms with Gasteiger partial charge in [0, 0.05) is 18.9 Å². The molecular formula is C18H20FN3O4. The molecule has 1 aromatic rings. The second kappa shape index (κ2) is 7.63. The van der Waals surface area contributed by atoms with Gasteiger partial charge in [-0.2, -0.15) is 5.10 Å². The first-order valence-corrected chi connectivity index (χ1v) is 8.58. The molecule has 26 heavy (non-hydrogen) atoms. The third-order valence-electron chi connectivity index (χ3n) is 4.73. The lowest BCUT2D eigenvalue weighted by Gasteiger charge is -2.24. The Labute approximate surface area is 149 Å². The van der Waals surface area contributed by atoms with E-state index in [2.05, 4.69) is 10.4 Å². The number of nitrogens with one attached hydrogen (secondary N) is 1. The first kappa shape index (κ1) is 18.0. The Bertz CT molecular complexity index is 747. The highest BCUT2D eigenvalue weighted by Crippen LogP contribution is 2.25. The number of halogens is 1. The molecule has 2 atom stereocenters. The molecule has 1 saturated carbocycles. The van der Waals surface area contributed by atoms with E-state index in [9.17, 15) is 18.8 Å². The summed E-state index contributed by atoms with van der Waals surface area (Å²) in [6.07, 6.45) is 2.00. The topological polar surface area (TPSA) is 99.1 Å². The van der Waals surface area contributed by atoms with Crippen LogP contribution in [-0.4, -0.2) is 39.7 Å². The predicted molar refractivity (Wildman–Crippen MR) is 90.5 cm³/mol. The van der Waals surface area contributed by atoms with Crippen LogP contribution in [0.5, 0.6) is 0 Å². The molecule has 0 bridgehead atoms. The molecule has 1 aromatic carbocycles. The first-order valence-electron chi connectivity index (χ1n) is 8.58. The van der Waals surface area contributed by atoms with Gasteiger partial charge in [0.05, 0.1) is 12.5 Å². The Kier molecular flexibility index (Phi) is 5.29. The van der Waals surface area contributed by atoms with Crippen molar-refractivity contribution in [2.24, 2.45) is 11.0 Å². The van der Waals surface area contributed by atoms with Crippen LogP contribution >= 0.6 is 0 Å². The number of carbonyl (C=O) groups is 3. The molecule has 2 aliphatic rings. The Morgan fingerprint density at radius 1 is 1.23 bits per heavy atom. The van der Waals surface area contributed by atoms with E-state index in [0.29, 0.717) is 24.8 Å². The molecule has 0 radical (unpaired) electrons. The lowest BCUT2D eigenvalue weighted by atomic mass is 10.1. The van der Waals surface area contributed by atoms with Crippen LogP contribution in [-0.2, 0) is 20.9 Å². The molecule has 1 aliphatic heterocycles. The average molecular weight is 361 g/mol. The van der Waals surface area contributed by atoms with E-state index >= 15 is 0 Å². The molecule has 0 unspecified atom stereocenters. The summed E-state index contributed by atoms with van der Waals surface area (Å²) in [7, 11) is 0. The predicted octanol–water partition coefficient (Wildman–Crippen LogP) is 1.67. The van der Waals surface area contributed by atoms with Gasteiger partial charge < -0.3 is 10.4 Å². The number of carboxylic acids is 1. The molecule has 2 amide bonds. The van der Waals surface area contributed by atoms with Gasteiger partial charge in [-0.25, -0.2) is 9.40 Å². The number of benzene rings is 1. The number of hydrazone groups is 1. The Hall–Kier alpha value is -2.77. The molecule has 0 saturated heterocycles. The summed E-state index contributed by atoms with van der Waals surface area (Å²) in [5, 5.41) is 17.2. The van der Waals surface area contributed by atoms with Crippen molar-refractivity contribution in [2.45, 2.75) is 44.7 Å². The van der Waals surface area contributed by atoms with E-state index < -0.39 is 11.9 Å². The maximum Gasteiger partial charge on any atom is 0.306 e. The van der Waals surface area contributed by atoms with E-state index in [1.165, 1.54) is 17.1 Å². The van der Waals surface area contributed by atoms with Crippen molar-refractivity contribution < 1.29 is 23.9 Å². The second-order valence-corrected chi connectivity index (χ2v) is 6.64. The summed E-state index contributed by atoms with van der Waals surface area (Å²) in [6.45, 7) is 0.167. The van der Waals surface area contributed by atoms with Gasteiger partial charge in [0.2, 0.25) is 5.91 Å². The van der Waals surface area contributed by atoms with Crippen molar-refractivity contribution in [1.29, 1.82) is 0 Å². The van der Waals surface area contributed by atoms with Crippen molar-refractivity contribution in [3.05, 3.63) is 35.6 Å². The highest BCUT2D eigenvalue weighted by Gasteiger charge is 2.32. The summed E-state index contributed by atoms with van der Waals surface area (Å²) >= 11 is 0. The van der Waals surface area contributed by atoms with Crippen molar-refractivity contribution in [3.8, 4) is 0 Å². The van der Waals surface area contributed by atoms with E-state index in [-0.39, 0.29) is 48.8 Å². The monoisotopic (exact) mass is 361 g/mol. The van der Waals surface area contributed by atoms with E-state index in [1.54, 1.807) is 12.1 Å². The first-order chi connectivity index (χ1) is 12.4. The average Bonchev–Trinajstić information content (AvgIpc) is 3.07. The summed E-state index contributed by atoms with van der Waals surface area (Å²) in [6, 6.07) is 5.56. The van der Waals surface area contributed by atoms with Crippen LogP contribution in [0.2, 0.25) is 0 Å². The van der Waals surface area contributed by atoms with Crippen LogP contribution in [0.3, 0.4) is 0 Å². The highest BCUT2D eigenvalue weighted by molar-refractivity contribution is 6.39. The number of aliphatic carboxylic acids is 1. The summed E-state index contributed by atoms with van der Waals surface area (Å²) < 4.78 is 13.0. The minimum absolute atomic E-state index is 0.167. The lowest BCUT2D eigenvalue weighted by molar-refractivity contribution is -0.141. The number of hydrogen-bond acceptors (Lipinski definition) is 4. The molecule has 138 valence electrons. The van der Waals surface area contributed by atoms with E-state index in [0.717, 1.165) is 0 Å². The molecule has 0 aromatic heterocycles. The third-order valence-corrected chi connectivity index (χ3v) is 4.73. The van der Waals surface area contributed by atoms with Crippen LogP contribution in [0.15, 0.2) is 29.4 Å². The number of carboxylic acid groups (broad SMARTS) is 1. The fourth-order valence-electron chi connectivity index (χ4n) is 3.26. The van der Waals surface area contributed by atoms with Gasteiger partial charge in [-0.3, -0.25) is 14.4 Å². The van der Waals surface area contributed by atoms with Crippen LogP contribution < -0.4 is 5.32 Å². The summed E-state index contributed by atoms with van der Waals surface area (Å²) in [5.41, 5.74) is 0.968. The SMILES string of the molecule is O=C(N[C@@H]1CC[C@H](C(=O)O)C1)C1=NN(Cc2ccc(F)cc2)C(=O)CC1. The normalized spacial score (nSPS) is 22.9. The van der Waals surface area contributed by atoms with Crippen LogP contribution in [0.25, 0.3) is 0 Å². The van der Waals surface area contributed by atoms with E-state index in [1.807, 2.05) is 0 Å². The Morgan fingerprint density at radius 2 is 1.96 bits per heavy atom. The van der Waals surface area contributed by atoms with Gasteiger partial charge in [0.1, 0.15) is 11.5 Å². The van der Waals surface area contributed by atoms with Gasteiger partial charge in [-0.15, -0.1) is 0 Å². The molecular weight excluding hydrogens is 341 g/mol. The largest absolute Gasteiger partial charge is 0.481 e. The van der Waals surface area contributed by atoms with Crippen LogP contribution in [0.4, 0.5) is 4.39 Å². The molecule has 1 heterocycles. The molecule has 8 heteroatoms. The zero-order valence-corrected chi connectivity index (χ0v) is 14.2. The lowest BCUT2D eigenvalue weighted by Crippen LogP contribution is -2.42. The highest BCUT2D eigenvalue weighted by atomic mass is 19.1. The molecule has 1 aliphatic carbocycles. The van der Waals surface area contributed by atoms with Crippen molar-refractivity contribution in [2.75, 3.05) is 0 Å². The van der Waals surface area contributed by atoms with Crippen molar-refractivity contribution in [1.82, 2.24) is 10.3 Å². The summed E-state index contributed by atoms with van der Waals surface area (Å²) in [4.78, 5) is 35.5. The Balaban J connectivity index is 1.63. The Morgan fingerprint density at radius 3 is 2.62 bits per heavy atom. The molecule has 2 N–H and O–H groups in total. The number of amides is 2. The summed E-state index contributed by atoms with van der Waals surface area (Å²) in [5.74, 6) is -2.19. The van der Waals surface area contributed by atoms with Gasteiger partial charge in [-0.1, -0.05) is 12.1 Å². The van der Waals surface area contributed by atoms with Crippen molar-refractivity contribution >= 4 is 23.5 Å². The maximum absolute atomic E-state index is 13.0. The second-order valence-electron chi connectivity index (χ2n) is 6.64. The third kappa shape index (κ3) is 4.25. The molecule has 3 rings (SSSR count). The fraction of sp³-hybridized carbons (Fsp3) is 0.444. The smallest absolute Gasteiger partial charge is 0.306 e. The number of hydrogen-bond donors (Lipinski definition) is 2. The molecule has 0 spiro atoms. The number of nitrogens with zero attached hydrogens (tertiary/aromatic N) is 2. The van der Waals surface area contributed by atoms with Gasteiger partial charge in [0.15, 0.2) is 0 Å². The zero-order chi connectivity index (χ0) is 18.7. The van der Waals surface area contributed by atoms with Crippen molar-refractivity contribution in [3.63, 3.8) is 0 Å². The minimum Gasteiger partial charge on any atom is -0.481 e. The maximum atomic E-state index is 13.0. The quantitative estimate of drug-likeness (QED) is 0.833. The van der Waals surface area contributed by atoms with Crippen LogP contribution in [0.1, 0.15) is 37.7 Å². The fourth-order valence-corrected chi connectivity index (χ4v) is 3.26. The minimum atomic E-state index is -0.840. The molecule has 7 nitrogen and oxygen atoms in total. The van der Waals surface area contributed by atoms with Crippen LogP contribution in [0, 0.1) is 11.7 Å². The number of carbonyl (C=O) groups excluding carboxylic acids is 2. The molecule has 1 fully saturated rings. The standard InChI is InChI=1S/C18H20FN3O4/c19-13-4-1-11(2-5-13)10-22-16(23)8-7-15(21-22)17(24)20-14-6-3-12(9-14)18(25)26/h1-2,4-5,12,14H,3,6-10H2,(H,20,24)(H,25,26)/t12-,14+/m0/s1. The van der Waals surface area contributed by atoms with Gasteiger partial charge in [-0.05, 0) is 37.0 Å². The van der Waals surface area contributed by atoms with Gasteiger partial charge in [0.25, 0.3) is 5.91 Å². The van der Waals surface area contributed by atoms with Gasteiger partial charge >= 0.3 is 5.97 Å². The zero-order valence-electron chi connectivity index (χ0n) is 14.2.